The molecule has 0 aromatic heterocycles. The second-order valence-electron chi connectivity index (χ2n) is 5.29. The average molecular weight is 333 g/mol. The van der Waals surface area contributed by atoms with Gasteiger partial charge in [0, 0.05) is 23.5 Å². The molecule has 0 spiro atoms. The van der Waals surface area contributed by atoms with E-state index in [0.717, 1.165) is 17.2 Å². The summed E-state index contributed by atoms with van der Waals surface area (Å²) in [6, 6.07) is 22.3. The van der Waals surface area contributed by atoms with Crippen LogP contribution in [0.25, 0.3) is 0 Å². The van der Waals surface area contributed by atoms with Crippen LogP contribution in [0.5, 0.6) is 11.5 Å². The first kappa shape index (κ1) is 16.5. The van der Waals surface area contributed by atoms with Gasteiger partial charge in [0.05, 0.1) is 0 Å². The second kappa shape index (κ2) is 7.93. The molecule has 25 heavy (non-hydrogen) atoms. The lowest BCUT2D eigenvalue weighted by molar-refractivity contribution is 0.104. The molecule has 0 unspecified atom stereocenters. The Morgan fingerprint density at radius 2 is 1.48 bits per heavy atom. The molecule has 4 heteroatoms. The predicted molar refractivity (Wildman–Crippen MR) is 96.5 cm³/mol. The Kier molecular flexibility index (Phi) is 5.22. The van der Waals surface area contributed by atoms with Gasteiger partial charge in [-0.2, -0.15) is 0 Å². The number of rotatable bonds is 6. The third-order valence-corrected chi connectivity index (χ3v) is 3.45. The fourth-order valence-corrected chi connectivity index (χ4v) is 2.17. The van der Waals surface area contributed by atoms with E-state index in [1.807, 2.05) is 54.6 Å². The number of hydrogen-bond donors (Lipinski definition) is 1. The molecule has 0 saturated heterocycles. The number of benzene rings is 3. The Labute approximate surface area is 145 Å². The van der Waals surface area contributed by atoms with E-state index in [-0.39, 0.29) is 11.6 Å². The van der Waals surface area contributed by atoms with Crippen LogP contribution in [0.15, 0.2) is 91.1 Å². The first-order chi connectivity index (χ1) is 12.2. The molecule has 3 rings (SSSR count). The Bertz CT molecular complexity index is 857. The van der Waals surface area contributed by atoms with Gasteiger partial charge in [0.2, 0.25) is 0 Å². The molecule has 0 aliphatic rings. The highest BCUT2D eigenvalue weighted by molar-refractivity contribution is 6.04. The maximum atomic E-state index is 12.8. The number of allylic oxidation sites excluding steroid dienone is 1. The maximum absolute atomic E-state index is 12.8. The zero-order valence-corrected chi connectivity index (χ0v) is 13.4. The highest BCUT2D eigenvalue weighted by Gasteiger charge is 2.01. The van der Waals surface area contributed by atoms with Gasteiger partial charge in [-0.05, 0) is 60.7 Å². The van der Waals surface area contributed by atoms with Crippen LogP contribution in [-0.4, -0.2) is 5.78 Å². The smallest absolute Gasteiger partial charge is 0.187 e. The van der Waals surface area contributed by atoms with Crippen molar-refractivity contribution in [3.63, 3.8) is 0 Å². The van der Waals surface area contributed by atoms with Gasteiger partial charge in [-0.3, -0.25) is 4.79 Å². The number of anilines is 1. The Morgan fingerprint density at radius 1 is 0.840 bits per heavy atom. The summed E-state index contributed by atoms with van der Waals surface area (Å²) in [6.45, 7) is 0. The van der Waals surface area contributed by atoms with Crippen LogP contribution in [0.1, 0.15) is 10.4 Å². The van der Waals surface area contributed by atoms with Gasteiger partial charge >= 0.3 is 0 Å². The monoisotopic (exact) mass is 333 g/mol. The molecule has 3 aromatic carbocycles. The van der Waals surface area contributed by atoms with Crippen LogP contribution in [0.4, 0.5) is 10.1 Å². The van der Waals surface area contributed by atoms with Crippen molar-refractivity contribution >= 4 is 11.5 Å². The van der Waals surface area contributed by atoms with Crippen LogP contribution in [-0.2, 0) is 0 Å². The predicted octanol–water partition coefficient (Wildman–Crippen LogP) is 5.43. The third kappa shape index (κ3) is 4.78. The molecule has 124 valence electrons. The van der Waals surface area contributed by atoms with E-state index in [2.05, 4.69) is 5.32 Å². The van der Waals surface area contributed by atoms with E-state index in [0.29, 0.717) is 5.56 Å². The summed E-state index contributed by atoms with van der Waals surface area (Å²) in [4.78, 5) is 11.9. The number of halogens is 1. The van der Waals surface area contributed by atoms with E-state index in [4.69, 9.17) is 4.74 Å². The minimum absolute atomic E-state index is 0.198. The Hall–Kier alpha value is -3.40. The summed E-state index contributed by atoms with van der Waals surface area (Å²) >= 11 is 0. The van der Waals surface area contributed by atoms with Crippen LogP contribution >= 0.6 is 0 Å². The van der Waals surface area contributed by atoms with Crippen LogP contribution in [0, 0.1) is 5.82 Å². The van der Waals surface area contributed by atoms with Gasteiger partial charge in [-0.15, -0.1) is 0 Å². The Balaban J connectivity index is 1.56. The zero-order chi connectivity index (χ0) is 17.5. The first-order valence-corrected chi connectivity index (χ1v) is 7.77. The molecular weight excluding hydrogens is 317 g/mol. The van der Waals surface area contributed by atoms with E-state index in [9.17, 15) is 9.18 Å². The topological polar surface area (TPSA) is 38.3 Å². The van der Waals surface area contributed by atoms with Gasteiger partial charge in [-0.25, -0.2) is 4.39 Å². The number of para-hydroxylation sites is 1. The molecule has 0 saturated carbocycles. The highest BCUT2D eigenvalue weighted by Crippen LogP contribution is 2.22. The molecule has 0 amide bonds. The minimum atomic E-state index is -0.364. The quantitative estimate of drug-likeness (QED) is 0.483. The first-order valence-electron chi connectivity index (χ1n) is 7.77. The van der Waals surface area contributed by atoms with Crippen molar-refractivity contribution in [1.82, 2.24) is 0 Å². The number of ether oxygens (including phenoxy) is 1. The molecule has 0 aliphatic carbocycles. The standard InChI is InChI=1S/C21H16FNO2/c22-17-8-6-16(7-9-17)21(24)14-15-23-18-10-12-20(13-11-18)25-19-4-2-1-3-5-19/h1-15,23H/b15-14+. The fourth-order valence-electron chi connectivity index (χ4n) is 2.17. The lowest BCUT2D eigenvalue weighted by Crippen LogP contribution is -1.96. The fraction of sp³-hybridized carbons (Fsp3) is 0. The molecule has 3 aromatic rings. The molecule has 0 radical (unpaired) electrons. The molecule has 0 bridgehead atoms. The van der Waals surface area contributed by atoms with Gasteiger partial charge in [0.1, 0.15) is 17.3 Å². The Morgan fingerprint density at radius 3 is 2.16 bits per heavy atom. The van der Waals surface area contributed by atoms with Crippen LogP contribution in [0.2, 0.25) is 0 Å². The van der Waals surface area contributed by atoms with Crippen molar-refractivity contribution in [3.8, 4) is 11.5 Å². The van der Waals surface area contributed by atoms with Crippen molar-refractivity contribution in [3.05, 3.63) is 103 Å². The highest BCUT2D eigenvalue weighted by atomic mass is 19.1. The summed E-state index contributed by atoms with van der Waals surface area (Å²) < 4.78 is 18.6. The average Bonchev–Trinajstić information content (AvgIpc) is 2.64. The van der Waals surface area contributed by atoms with Crippen molar-refractivity contribution in [2.75, 3.05) is 5.32 Å². The summed E-state index contributed by atoms with van der Waals surface area (Å²) in [5.41, 5.74) is 1.26. The molecule has 0 aliphatic heterocycles. The van der Waals surface area contributed by atoms with E-state index < -0.39 is 0 Å². The minimum Gasteiger partial charge on any atom is -0.457 e. The molecule has 1 N–H and O–H groups in total. The largest absolute Gasteiger partial charge is 0.457 e. The number of ketones is 1. The summed E-state index contributed by atoms with van der Waals surface area (Å²) in [5.74, 6) is 0.934. The molecule has 0 atom stereocenters. The van der Waals surface area contributed by atoms with Gasteiger partial charge < -0.3 is 10.1 Å². The van der Waals surface area contributed by atoms with E-state index in [1.165, 1.54) is 30.3 Å². The molecule has 0 heterocycles. The van der Waals surface area contributed by atoms with Gasteiger partial charge in [0.15, 0.2) is 5.78 Å². The van der Waals surface area contributed by atoms with Crippen LogP contribution in [0.3, 0.4) is 0 Å². The number of carbonyl (C=O) groups excluding carboxylic acids is 1. The summed E-state index contributed by atoms with van der Waals surface area (Å²) in [5, 5.41) is 3.02. The summed E-state index contributed by atoms with van der Waals surface area (Å²) in [6.07, 6.45) is 2.96. The van der Waals surface area contributed by atoms with Crippen molar-refractivity contribution in [1.29, 1.82) is 0 Å². The van der Waals surface area contributed by atoms with Crippen molar-refractivity contribution < 1.29 is 13.9 Å². The van der Waals surface area contributed by atoms with Gasteiger partial charge in [-0.1, -0.05) is 18.2 Å². The number of nitrogens with one attached hydrogen (secondary N) is 1. The van der Waals surface area contributed by atoms with Crippen molar-refractivity contribution in [2.45, 2.75) is 0 Å². The lowest BCUT2D eigenvalue weighted by atomic mass is 10.1. The zero-order valence-electron chi connectivity index (χ0n) is 13.4. The molecular formula is C21H16FNO2. The third-order valence-electron chi connectivity index (χ3n) is 3.45. The van der Waals surface area contributed by atoms with Crippen molar-refractivity contribution in [2.24, 2.45) is 0 Å². The van der Waals surface area contributed by atoms with Gasteiger partial charge in [0.25, 0.3) is 0 Å². The molecule has 3 nitrogen and oxygen atoms in total. The maximum Gasteiger partial charge on any atom is 0.187 e. The van der Waals surface area contributed by atoms with E-state index >= 15 is 0 Å². The normalized spacial score (nSPS) is 10.6. The summed E-state index contributed by atoms with van der Waals surface area (Å²) in [7, 11) is 0. The SMILES string of the molecule is O=C(/C=C/Nc1ccc(Oc2ccccc2)cc1)c1ccc(F)cc1. The number of hydrogen-bond acceptors (Lipinski definition) is 3. The lowest BCUT2D eigenvalue weighted by Gasteiger charge is -2.06. The molecule has 0 fully saturated rings. The second-order valence-corrected chi connectivity index (χ2v) is 5.29. The van der Waals surface area contributed by atoms with Crippen LogP contribution < -0.4 is 10.1 Å². The van der Waals surface area contributed by atoms with E-state index in [1.54, 1.807) is 6.20 Å². The number of carbonyl (C=O) groups is 1.